The third-order valence-corrected chi connectivity index (χ3v) is 6.72. The SMILES string of the molecule is COc1ccc(CCNC(=O)CS(=O)(=O)c2ccc3c(c2)n(C)c(=O)n3C)cc1OC. The summed E-state index contributed by atoms with van der Waals surface area (Å²) in [5, 5.41) is 2.64. The summed E-state index contributed by atoms with van der Waals surface area (Å²) in [6.07, 6.45) is 0.504. The molecule has 0 unspecified atom stereocenters. The molecule has 3 aromatic rings. The largest absolute Gasteiger partial charge is 0.493 e. The van der Waals surface area contributed by atoms with Crippen molar-refractivity contribution in [2.24, 2.45) is 14.1 Å². The Kier molecular flexibility index (Phi) is 6.40. The van der Waals surface area contributed by atoms with E-state index < -0.39 is 21.5 Å². The Morgan fingerprint density at radius 1 is 0.968 bits per heavy atom. The summed E-state index contributed by atoms with van der Waals surface area (Å²) < 4.78 is 38.6. The second-order valence-electron chi connectivity index (χ2n) is 7.10. The molecular weight excluding hydrogens is 422 g/mol. The van der Waals surface area contributed by atoms with E-state index >= 15 is 0 Å². The summed E-state index contributed by atoms with van der Waals surface area (Å²) >= 11 is 0. The first-order valence-corrected chi connectivity index (χ1v) is 11.2. The number of aryl methyl sites for hydroxylation is 2. The smallest absolute Gasteiger partial charge is 0.328 e. The van der Waals surface area contributed by atoms with Crippen LogP contribution in [0.3, 0.4) is 0 Å². The van der Waals surface area contributed by atoms with Crippen LogP contribution in [0.25, 0.3) is 11.0 Å². The molecule has 0 bridgehead atoms. The molecule has 1 aromatic heterocycles. The highest BCUT2D eigenvalue weighted by molar-refractivity contribution is 7.92. The number of amides is 1. The normalized spacial score (nSPS) is 11.5. The van der Waals surface area contributed by atoms with Crippen LogP contribution in [0.2, 0.25) is 0 Å². The van der Waals surface area contributed by atoms with Crippen LogP contribution in [0, 0.1) is 0 Å². The van der Waals surface area contributed by atoms with Crippen molar-refractivity contribution < 1.29 is 22.7 Å². The van der Waals surface area contributed by atoms with Crippen LogP contribution in [-0.4, -0.2) is 50.0 Å². The van der Waals surface area contributed by atoms with Gasteiger partial charge in [0.25, 0.3) is 0 Å². The fourth-order valence-corrected chi connectivity index (χ4v) is 4.55. The van der Waals surface area contributed by atoms with Crippen LogP contribution >= 0.6 is 0 Å². The van der Waals surface area contributed by atoms with Gasteiger partial charge in [-0.2, -0.15) is 0 Å². The van der Waals surface area contributed by atoms with Gasteiger partial charge in [-0.05, 0) is 42.3 Å². The Morgan fingerprint density at radius 3 is 2.32 bits per heavy atom. The van der Waals surface area contributed by atoms with Crippen molar-refractivity contribution in [3.05, 3.63) is 52.4 Å². The van der Waals surface area contributed by atoms with E-state index in [1.165, 1.54) is 21.3 Å². The van der Waals surface area contributed by atoms with Gasteiger partial charge >= 0.3 is 5.69 Å². The van der Waals surface area contributed by atoms with Crippen molar-refractivity contribution in [1.29, 1.82) is 0 Å². The maximum absolute atomic E-state index is 12.7. The summed E-state index contributed by atoms with van der Waals surface area (Å²) in [5.74, 6) is -0.0815. The topological polar surface area (TPSA) is 109 Å². The highest BCUT2D eigenvalue weighted by Crippen LogP contribution is 2.27. The number of hydrogen-bond donors (Lipinski definition) is 1. The Labute approximate surface area is 180 Å². The molecule has 1 amide bonds. The van der Waals surface area contributed by atoms with Gasteiger partial charge in [0, 0.05) is 20.6 Å². The average Bonchev–Trinajstić information content (AvgIpc) is 2.97. The van der Waals surface area contributed by atoms with Gasteiger partial charge in [0.05, 0.1) is 30.1 Å². The van der Waals surface area contributed by atoms with Crippen molar-refractivity contribution >= 4 is 26.8 Å². The van der Waals surface area contributed by atoms with E-state index in [1.54, 1.807) is 46.5 Å². The number of rotatable bonds is 8. The molecule has 31 heavy (non-hydrogen) atoms. The quantitative estimate of drug-likeness (QED) is 0.553. The lowest BCUT2D eigenvalue weighted by molar-refractivity contribution is -0.118. The molecule has 1 N–H and O–H groups in total. The van der Waals surface area contributed by atoms with E-state index in [0.29, 0.717) is 29.0 Å². The van der Waals surface area contributed by atoms with Gasteiger partial charge in [-0.3, -0.25) is 13.9 Å². The maximum Gasteiger partial charge on any atom is 0.328 e. The molecule has 9 nitrogen and oxygen atoms in total. The van der Waals surface area contributed by atoms with E-state index in [0.717, 1.165) is 5.56 Å². The van der Waals surface area contributed by atoms with Gasteiger partial charge in [0.15, 0.2) is 21.3 Å². The van der Waals surface area contributed by atoms with Gasteiger partial charge in [-0.1, -0.05) is 6.07 Å². The number of ether oxygens (including phenoxy) is 2. The van der Waals surface area contributed by atoms with Crippen molar-refractivity contribution in [2.75, 3.05) is 26.5 Å². The molecule has 0 atom stereocenters. The van der Waals surface area contributed by atoms with E-state index in [9.17, 15) is 18.0 Å². The van der Waals surface area contributed by atoms with Crippen LogP contribution < -0.4 is 20.5 Å². The highest BCUT2D eigenvalue weighted by Gasteiger charge is 2.21. The lowest BCUT2D eigenvalue weighted by Crippen LogP contribution is -2.31. The number of imidazole rings is 1. The minimum absolute atomic E-state index is 0.00348. The number of sulfone groups is 1. The van der Waals surface area contributed by atoms with E-state index in [2.05, 4.69) is 5.32 Å². The molecule has 0 aliphatic carbocycles. The zero-order valence-corrected chi connectivity index (χ0v) is 18.7. The molecule has 0 radical (unpaired) electrons. The summed E-state index contributed by atoms with van der Waals surface area (Å²) in [6.45, 7) is 0.274. The monoisotopic (exact) mass is 447 g/mol. The molecule has 0 fully saturated rings. The summed E-state index contributed by atoms with van der Waals surface area (Å²) in [4.78, 5) is 24.3. The Balaban J connectivity index is 1.65. The summed E-state index contributed by atoms with van der Waals surface area (Å²) in [6, 6.07) is 9.83. The van der Waals surface area contributed by atoms with Crippen LogP contribution in [0.5, 0.6) is 11.5 Å². The number of aromatic nitrogens is 2. The molecule has 0 aliphatic heterocycles. The maximum atomic E-state index is 12.7. The number of methoxy groups -OCH3 is 2. The number of hydrogen-bond acceptors (Lipinski definition) is 6. The van der Waals surface area contributed by atoms with Gasteiger partial charge in [0.1, 0.15) is 5.75 Å². The molecule has 0 aliphatic rings. The van der Waals surface area contributed by atoms with Crippen LogP contribution in [-0.2, 0) is 35.1 Å². The van der Waals surface area contributed by atoms with Gasteiger partial charge in [0.2, 0.25) is 5.91 Å². The van der Waals surface area contributed by atoms with Crippen molar-refractivity contribution in [2.45, 2.75) is 11.3 Å². The van der Waals surface area contributed by atoms with Crippen LogP contribution in [0.15, 0.2) is 46.1 Å². The predicted octanol–water partition coefficient (Wildman–Crippen LogP) is 1.03. The molecule has 2 aromatic carbocycles. The number of carbonyl (C=O) groups excluding carboxylic acids is 1. The average molecular weight is 448 g/mol. The fourth-order valence-electron chi connectivity index (χ4n) is 3.37. The molecular formula is C21H25N3O6S. The molecule has 0 spiro atoms. The minimum atomic E-state index is -3.86. The number of nitrogens with zero attached hydrogens (tertiary/aromatic N) is 2. The highest BCUT2D eigenvalue weighted by atomic mass is 32.2. The molecule has 0 saturated heterocycles. The second-order valence-corrected chi connectivity index (χ2v) is 9.09. The van der Waals surface area contributed by atoms with Crippen LogP contribution in [0.4, 0.5) is 0 Å². The van der Waals surface area contributed by atoms with Gasteiger partial charge < -0.3 is 14.8 Å². The third-order valence-electron chi connectivity index (χ3n) is 5.11. The summed E-state index contributed by atoms with van der Waals surface area (Å²) in [7, 11) is 2.42. The number of fused-ring (bicyclic) bond motifs is 1. The third kappa shape index (κ3) is 4.58. The van der Waals surface area contributed by atoms with Crippen LogP contribution in [0.1, 0.15) is 5.56 Å². The first-order valence-electron chi connectivity index (χ1n) is 9.53. The Morgan fingerprint density at radius 2 is 1.65 bits per heavy atom. The minimum Gasteiger partial charge on any atom is -0.493 e. The number of carbonyl (C=O) groups is 1. The number of benzene rings is 2. The van der Waals surface area contributed by atoms with E-state index in [-0.39, 0.29) is 17.1 Å². The molecule has 1 heterocycles. The molecule has 3 rings (SSSR count). The van der Waals surface area contributed by atoms with Crippen molar-refractivity contribution in [3.8, 4) is 11.5 Å². The predicted molar refractivity (Wildman–Crippen MR) is 116 cm³/mol. The Bertz CT molecular complexity index is 1290. The van der Waals surface area contributed by atoms with Crippen molar-refractivity contribution in [1.82, 2.24) is 14.5 Å². The zero-order valence-electron chi connectivity index (χ0n) is 17.8. The lowest BCUT2D eigenvalue weighted by Gasteiger charge is -2.10. The zero-order chi connectivity index (χ0) is 22.8. The fraction of sp³-hybridized carbons (Fsp3) is 0.333. The second kappa shape index (κ2) is 8.84. The van der Waals surface area contributed by atoms with Crippen molar-refractivity contribution in [3.63, 3.8) is 0 Å². The first-order chi connectivity index (χ1) is 14.7. The first kappa shape index (κ1) is 22.4. The molecule has 0 saturated carbocycles. The lowest BCUT2D eigenvalue weighted by atomic mass is 10.1. The molecule has 166 valence electrons. The van der Waals surface area contributed by atoms with Gasteiger partial charge in [-0.25, -0.2) is 13.2 Å². The number of nitrogens with one attached hydrogen (secondary N) is 1. The Hall–Kier alpha value is -3.27. The standard InChI is InChI=1S/C21H25N3O6S/c1-23-16-7-6-15(12-17(16)24(2)21(23)26)31(27,28)13-20(25)22-10-9-14-5-8-18(29-3)19(11-14)30-4/h5-8,11-12H,9-10,13H2,1-4H3,(H,22,25). The van der Waals surface area contributed by atoms with E-state index in [1.807, 2.05) is 6.07 Å². The van der Waals surface area contributed by atoms with Gasteiger partial charge in [-0.15, -0.1) is 0 Å². The summed E-state index contributed by atoms with van der Waals surface area (Å²) in [5.41, 5.74) is 1.77. The molecule has 10 heteroatoms. The van der Waals surface area contributed by atoms with E-state index in [4.69, 9.17) is 9.47 Å².